The Balaban J connectivity index is 1.61. The Labute approximate surface area is 160 Å². The van der Waals surface area contributed by atoms with Crippen molar-refractivity contribution < 1.29 is 13.2 Å². The lowest BCUT2D eigenvalue weighted by Crippen LogP contribution is -2.42. The van der Waals surface area contributed by atoms with Crippen LogP contribution in [0.4, 0.5) is 0 Å². The summed E-state index contributed by atoms with van der Waals surface area (Å²) in [6.07, 6.45) is 6.02. The summed E-state index contributed by atoms with van der Waals surface area (Å²) in [7, 11) is 0.736. The minimum absolute atomic E-state index is 0.0890. The maximum Gasteiger partial charge on any atom is 0.271 e. The van der Waals surface area contributed by atoms with Gasteiger partial charge in [-0.05, 0) is 73.1 Å². The highest BCUT2D eigenvalue weighted by molar-refractivity contribution is 8.71. The lowest BCUT2D eigenvalue weighted by atomic mass is 9.55. The van der Waals surface area contributed by atoms with Crippen molar-refractivity contribution in [3.05, 3.63) is 29.3 Å². The summed E-state index contributed by atoms with van der Waals surface area (Å²) in [5.41, 5.74) is 2.61. The van der Waals surface area contributed by atoms with Gasteiger partial charge in [-0.1, -0.05) is 13.0 Å². The van der Waals surface area contributed by atoms with Crippen LogP contribution in [0, 0.1) is 17.3 Å². The van der Waals surface area contributed by atoms with Crippen molar-refractivity contribution in [1.29, 1.82) is 0 Å². The first kappa shape index (κ1) is 18.5. The first-order chi connectivity index (χ1) is 12.2. The van der Waals surface area contributed by atoms with E-state index in [9.17, 15) is 13.2 Å². The summed E-state index contributed by atoms with van der Waals surface area (Å²) in [4.78, 5) is 13.2. The first-order valence-corrected chi connectivity index (χ1v) is 12.3. The molecule has 0 N–H and O–H groups in total. The lowest BCUT2D eigenvalue weighted by Gasteiger charge is -2.48. The van der Waals surface area contributed by atoms with Gasteiger partial charge < -0.3 is 0 Å². The van der Waals surface area contributed by atoms with E-state index in [0.29, 0.717) is 23.5 Å². The van der Waals surface area contributed by atoms with Crippen molar-refractivity contribution in [1.82, 2.24) is 4.31 Å². The number of hydrogen-bond acceptors (Lipinski definition) is 4. The maximum absolute atomic E-state index is 12.4. The monoisotopic (exact) mass is 393 g/mol. The molecule has 0 amide bonds. The molecule has 0 saturated heterocycles. The van der Waals surface area contributed by atoms with E-state index in [1.165, 1.54) is 15.4 Å². The Morgan fingerprint density at radius 1 is 1.15 bits per heavy atom. The summed E-state index contributed by atoms with van der Waals surface area (Å²) in [6, 6.07) is 6.19. The molecular formula is C20H27NO3S2. The molecule has 2 fully saturated rings. The molecule has 0 radical (unpaired) electrons. The molecule has 6 heteroatoms. The molecule has 0 heterocycles. The van der Waals surface area contributed by atoms with Crippen LogP contribution in [-0.4, -0.2) is 32.6 Å². The highest BCUT2D eigenvalue weighted by atomic mass is 33.1. The predicted octanol–water partition coefficient (Wildman–Crippen LogP) is 4.01. The molecule has 3 aliphatic carbocycles. The molecule has 142 valence electrons. The fourth-order valence-corrected chi connectivity index (χ4v) is 7.77. The van der Waals surface area contributed by atoms with Crippen LogP contribution in [0.15, 0.2) is 23.1 Å². The third kappa shape index (κ3) is 2.85. The highest BCUT2D eigenvalue weighted by Gasteiger charge is 2.54. The number of carbonyl (C=O) groups is 1. The molecule has 4 atom stereocenters. The van der Waals surface area contributed by atoms with E-state index in [1.54, 1.807) is 14.1 Å². The third-order valence-corrected chi connectivity index (χ3v) is 10.7. The smallest absolute Gasteiger partial charge is 0.271 e. The van der Waals surface area contributed by atoms with Gasteiger partial charge in [-0.3, -0.25) is 4.79 Å². The van der Waals surface area contributed by atoms with Crippen LogP contribution in [0.1, 0.15) is 56.1 Å². The SMILES string of the molecule is CN(C)S(=O)(=O)Sc1ccc2c(c1)CC[C@@H]1[C@@H]2CC[C@]2(C)C(=O)CC[C@@H]12. The molecule has 1 aromatic carbocycles. The van der Waals surface area contributed by atoms with Gasteiger partial charge in [0.1, 0.15) is 5.78 Å². The molecule has 0 aromatic heterocycles. The second-order valence-electron chi connectivity index (χ2n) is 8.52. The normalized spacial score (nSPS) is 33.7. The summed E-state index contributed by atoms with van der Waals surface area (Å²) < 4.78 is 25.5. The molecule has 4 nitrogen and oxygen atoms in total. The van der Waals surface area contributed by atoms with Crippen molar-refractivity contribution in [3.8, 4) is 0 Å². The molecule has 1 aromatic rings. The topological polar surface area (TPSA) is 54.5 Å². The van der Waals surface area contributed by atoms with Crippen molar-refractivity contribution in [3.63, 3.8) is 0 Å². The van der Waals surface area contributed by atoms with Crippen LogP contribution in [0.3, 0.4) is 0 Å². The van der Waals surface area contributed by atoms with E-state index >= 15 is 0 Å². The Kier molecular flexibility index (Phi) is 4.52. The fourth-order valence-electron chi connectivity index (χ4n) is 5.58. The number of benzene rings is 1. The minimum Gasteiger partial charge on any atom is -0.299 e. The van der Waals surface area contributed by atoms with Crippen LogP contribution < -0.4 is 0 Å². The average molecular weight is 394 g/mol. The number of ketones is 1. The van der Waals surface area contributed by atoms with Gasteiger partial charge in [0.15, 0.2) is 0 Å². The number of nitrogens with zero attached hydrogens (tertiary/aromatic N) is 1. The zero-order valence-corrected chi connectivity index (χ0v) is 17.3. The summed E-state index contributed by atoms with van der Waals surface area (Å²) in [5, 5.41) is 0. The third-order valence-electron chi connectivity index (χ3n) is 7.06. The van der Waals surface area contributed by atoms with Gasteiger partial charge >= 0.3 is 0 Å². The molecule has 0 bridgehead atoms. The van der Waals surface area contributed by atoms with Crippen molar-refractivity contribution in [2.75, 3.05) is 14.1 Å². The first-order valence-electron chi connectivity index (χ1n) is 9.50. The maximum atomic E-state index is 12.4. The second-order valence-corrected chi connectivity index (χ2v) is 12.5. The summed E-state index contributed by atoms with van der Waals surface area (Å²) >= 11 is 0. The van der Waals surface area contributed by atoms with Crippen LogP contribution in [-0.2, 0) is 20.3 Å². The molecule has 0 spiro atoms. The largest absolute Gasteiger partial charge is 0.299 e. The molecule has 2 saturated carbocycles. The predicted molar refractivity (Wildman–Crippen MR) is 105 cm³/mol. The number of Topliss-reactive ketones (excluding diaryl/α,β-unsaturated/α-hetero) is 1. The van der Waals surface area contributed by atoms with Gasteiger partial charge in [-0.2, -0.15) is 4.31 Å². The number of aryl methyl sites for hydroxylation is 1. The number of rotatable bonds is 3. The summed E-state index contributed by atoms with van der Waals surface area (Å²) in [6.45, 7) is 2.20. The zero-order valence-electron chi connectivity index (χ0n) is 15.7. The van der Waals surface area contributed by atoms with Crippen LogP contribution in [0.5, 0.6) is 0 Å². The Morgan fingerprint density at radius 2 is 1.92 bits per heavy atom. The molecule has 0 aliphatic heterocycles. The standard InChI is InChI=1S/C20H27NO3S2/c1-20-11-10-16-15-7-5-14(25-26(23,24)21(2)3)12-13(15)4-6-17(16)18(20)8-9-19(20)22/h5,7,12,16-18H,4,6,8-11H2,1-3H3/t16-,17-,18+,20+/m1/s1. The Morgan fingerprint density at radius 3 is 2.65 bits per heavy atom. The van der Waals surface area contributed by atoms with Gasteiger partial charge in [0.05, 0.1) is 0 Å². The van der Waals surface area contributed by atoms with Gasteiger partial charge in [0, 0.05) is 41.6 Å². The number of fused-ring (bicyclic) bond motifs is 5. The van der Waals surface area contributed by atoms with Crippen LogP contribution >= 0.6 is 10.8 Å². The van der Waals surface area contributed by atoms with Crippen LogP contribution in [0.2, 0.25) is 0 Å². The molecular weight excluding hydrogens is 366 g/mol. The van der Waals surface area contributed by atoms with E-state index in [1.807, 2.05) is 6.07 Å². The summed E-state index contributed by atoms with van der Waals surface area (Å²) in [5.74, 6) is 2.15. The number of carbonyl (C=O) groups excluding carboxylic acids is 1. The average Bonchev–Trinajstić information content (AvgIpc) is 2.89. The molecule has 3 aliphatic rings. The Bertz CT molecular complexity index is 849. The van der Waals surface area contributed by atoms with Gasteiger partial charge in [-0.25, -0.2) is 8.42 Å². The quantitative estimate of drug-likeness (QED) is 0.728. The highest BCUT2D eigenvalue weighted by Crippen LogP contribution is 2.59. The van der Waals surface area contributed by atoms with Gasteiger partial charge in [0.2, 0.25) is 0 Å². The van der Waals surface area contributed by atoms with Crippen molar-refractivity contribution in [2.45, 2.75) is 56.3 Å². The van der Waals surface area contributed by atoms with Crippen molar-refractivity contribution in [2.24, 2.45) is 17.3 Å². The van der Waals surface area contributed by atoms with E-state index in [2.05, 4.69) is 19.1 Å². The van der Waals surface area contributed by atoms with E-state index in [0.717, 1.165) is 54.2 Å². The molecule has 0 unspecified atom stereocenters. The molecule has 4 rings (SSSR count). The Hall–Kier alpha value is -0.850. The van der Waals surface area contributed by atoms with Crippen LogP contribution in [0.25, 0.3) is 0 Å². The zero-order chi connectivity index (χ0) is 18.7. The second kappa shape index (κ2) is 6.35. The molecule has 26 heavy (non-hydrogen) atoms. The van der Waals surface area contributed by atoms with E-state index < -0.39 is 9.06 Å². The lowest BCUT2D eigenvalue weighted by molar-refractivity contribution is -0.129. The van der Waals surface area contributed by atoms with E-state index in [4.69, 9.17) is 0 Å². The number of hydrogen-bond donors (Lipinski definition) is 0. The fraction of sp³-hybridized carbons (Fsp3) is 0.650. The minimum atomic E-state index is -3.31. The van der Waals surface area contributed by atoms with Gasteiger partial charge in [0.25, 0.3) is 9.06 Å². The van der Waals surface area contributed by atoms with Crippen molar-refractivity contribution >= 4 is 25.6 Å². The van der Waals surface area contributed by atoms with Gasteiger partial charge in [-0.15, -0.1) is 0 Å². The van der Waals surface area contributed by atoms with E-state index in [-0.39, 0.29) is 5.41 Å².